The van der Waals surface area contributed by atoms with E-state index in [1.165, 1.54) is 0 Å². The topological polar surface area (TPSA) is 108 Å². The molecule has 1 aliphatic heterocycles. The first-order valence-corrected chi connectivity index (χ1v) is 10.3. The van der Waals surface area contributed by atoms with Gasteiger partial charge in [-0.1, -0.05) is 18.2 Å². The molecule has 8 nitrogen and oxygen atoms in total. The van der Waals surface area contributed by atoms with E-state index in [4.69, 9.17) is 8.83 Å². The molecule has 0 saturated heterocycles. The van der Waals surface area contributed by atoms with Crippen LogP contribution in [-0.4, -0.2) is 37.4 Å². The molecule has 160 valence electrons. The lowest BCUT2D eigenvalue weighted by Crippen LogP contribution is -2.41. The van der Waals surface area contributed by atoms with Crippen molar-refractivity contribution in [1.29, 1.82) is 0 Å². The number of hydrogen-bond donors (Lipinski definition) is 2. The van der Waals surface area contributed by atoms with Gasteiger partial charge < -0.3 is 23.8 Å². The summed E-state index contributed by atoms with van der Waals surface area (Å²) in [5.74, 6) is 0.610. The van der Waals surface area contributed by atoms with Crippen LogP contribution in [-0.2, 0) is 12.0 Å². The van der Waals surface area contributed by atoms with Crippen LogP contribution in [0.25, 0.3) is 11.0 Å². The highest BCUT2D eigenvalue weighted by Gasteiger charge is 2.40. The van der Waals surface area contributed by atoms with Crippen molar-refractivity contribution in [2.45, 2.75) is 45.8 Å². The van der Waals surface area contributed by atoms with Gasteiger partial charge in [-0.3, -0.25) is 4.79 Å². The Kier molecular flexibility index (Phi) is 4.30. The van der Waals surface area contributed by atoms with E-state index in [1.54, 1.807) is 32.0 Å². The molecule has 1 aromatic carbocycles. The third-order valence-corrected chi connectivity index (χ3v) is 5.83. The smallest absolute Gasteiger partial charge is 0.292 e. The number of para-hydroxylation sites is 1. The number of aliphatic hydroxyl groups is 1. The zero-order valence-electron chi connectivity index (χ0n) is 17.9. The van der Waals surface area contributed by atoms with Crippen molar-refractivity contribution in [1.82, 2.24) is 19.9 Å². The number of H-pyrrole nitrogens is 1. The molecule has 5 rings (SSSR count). The van der Waals surface area contributed by atoms with Gasteiger partial charge >= 0.3 is 0 Å². The van der Waals surface area contributed by atoms with E-state index in [9.17, 15) is 9.90 Å². The molecule has 8 heteroatoms. The van der Waals surface area contributed by atoms with Crippen LogP contribution in [0.15, 0.2) is 39.4 Å². The van der Waals surface area contributed by atoms with Gasteiger partial charge in [0.25, 0.3) is 5.91 Å². The third-order valence-electron chi connectivity index (χ3n) is 5.83. The van der Waals surface area contributed by atoms with E-state index in [-0.39, 0.29) is 17.6 Å². The van der Waals surface area contributed by atoms with Crippen LogP contribution < -0.4 is 0 Å². The van der Waals surface area contributed by atoms with E-state index in [0.29, 0.717) is 24.4 Å². The van der Waals surface area contributed by atoms with Gasteiger partial charge in [0.1, 0.15) is 23.0 Å². The summed E-state index contributed by atoms with van der Waals surface area (Å²) < 4.78 is 12.0. The largest absolute Gasteiger partial charge is 0.458 e. The number of rotatable bonds is 3. The molecule has 0 unspecified atom stereocenters. The Bertz CT molecular complexity index is 1290. The highest BCUT2D eigenvalue weighted by molar-refractivity contribution is 5.93. The molecular formula is C23H24N4O4. The average molecular weight is 420 g/mol. The number of carbonyl (C=O) groups is 1. The van der Waals surface area contributed by atoms with Gasteiger partial charge in [0, 0.05) is 29.6 Å². The highest BCUT2D eigenvalue weighted by atomic mass is 16.4. The van der Waals surface area contributed by atoms with Gasteiger partial charge in [0.2, 0.25) is 11.7 Å². The first-order chi connectivity index (χ1) is 14.8. The molecule has 1 aliphatic rings. The number of oxazole rings is 1. The molecule has 0 radical (unpaired) electrons. The maximum absolute atomic E-state index is 13.6. The lowest BCUT2D eigenvalue weighted by atomic mass is 9.97. The second-order valence-electron chi connectivity index (χ2n) is 8.50. The van der Waals surface area contributed by atoms with Crippen LogP contribution in [0.3, 0.4) is 0 Å². The molecule has 0 bridgehead atoms. The normalized spacial score (nSPS) is 16.7. The fourth-order valence-electron chi connectivity index (χ4n) is 4.20. The van der Waals surface area contributed by atoms with Gasteiger partial charge in [-0.2, -0.15) is 0 Å². The second-order valence-corrected chi connectivity index (χ2v) is 8.50. The monoisotopic (exact) mass is 420 g/mol. The molecular weight excluding hydrogens is 396 g/mol. The predicted molar refractivity (Wildman–Crippen MR) is 113 cm³/mol. The molecule has 0 aliphatic carbocycles. The van der Waals surface area contributed by atoms with E-state index >= 15 is 0 Å². The van der Waals surface area contributed by atoms with Crippen molar-refractivity contribution in [2.75, 3.05) is 6.54 Å². The van der Waals surface area contributed by atoms with E-state index in [1.807, 2.05) is 31.2 Å². The zero-order valence-corrected chi connectivity index (χ0v) is 17.9. The van der Waals surface area contributed by atoms with Crippen molar-refractivity contribution < 1.29 is 18.7 Å². The number of imidazole rings is 1. The minimum absolute atomic E-state index is 0.113. The third kappa shape index (κ3) is 3.06. The van der Waals surface area contributed by atoms with E-state index in [0.717, 1.165) is 27.9 Å². The second kappa shape index (κ2) is 6.81. The number of nitrogens with zero attached hydrogens (tertiary/aromatic N) is 3. The Labute approximate surface area is 178 Å². The van der Waals surface area contributed by atoms with Crippen LogP contribution in [0.4, 0.5) is 0 Å². The molecule has 31 heavy (non-hydrogen) atoms. The summed E-state index contributed by atoms with van der Waals surface area (Å²) in [4.78, 5) is 27.3. The van der Waals surface area contributed by atoms with Crippen molar-refractivity contribution in [3.05, 3.63) is 70.6 Å². The number of hydrogen-bond acceptors (Lipinski definition) is 6. The number of carbonyl (C=O) groups excluding carboxylic acids is 1. The lowest BCUT2D eigenvalue weighted by molar-refractivity contribution is 0.0437. The summed E-state index contributed by atoms with van der Waals surface area (Å²) in [6.45, 7) is 7.31. The first-order valence-electron chi connectivity index (χ1n) is 10.3. The van der Waals surface area contributed by atoms with Gasteiger partial charge in [0.05, 0.1) is 17.7 Å². The molecule has 2 N–H and O–H groups in total. The maximum Gasteiger partial charge on any atom is 0.292 e. The number of benzene rings is 1. The van der Waals surface area contributed by atoms with Crippen molar-refractivity contribution >= 4 is 16.9 Å². The number of amides is 1. The van der Waals surface area contributed by atoms with E-state index < -0.39 is 11.6 Å². The summed E-state index contributed by atoms with van der Waals surface area (Å²) in [5, 5.41) is 11.3. The molecule has 0 saturated carbocycles. The SMILES string of the molecule is Cc1nc(C(C)(C)O)oc1C(=O)N1CCc2[nH]cnc2[C@@H]1c1oc2ccccc2c1C. The number of aromatic nitrogens is 3. The summed E-state index contributed by atoms with van der Waals surface area (Å²) in [7, 11) is 0. The summed E-state index contributed by atoms with van der Waals surface area (Å²) >= 11 is 0. The van der Waals surface area contributed by atoms with Crippen LogP contribution in [0.2, 0.25) is 0 Å². The average Bonchev–Trinajstić information content (AvgIpc) is 3.44. The van der Waals surface area contributed by atoms with Crippen LogP contribution in [0.1, 0.15) is 64.7 Å². The molecule has 4 heterocycles. The fraction of sp³-hybridized carbons (Fsp3) is 0.348. The Balaban J connectivity index is 1.63. The van der Waals surface area contributed by atoms with Gasteiger partial charge in [-0.05, 0) is 33.8 Å². The minimum atomic E-state index is -1.28. The van der Waals surface area contributed by atoms with Gasteiger partial charge in [0.15, 0.2) is 0 Å². The van der Waals surface area contributed by atoms with Crippen LogP contribution in [0, 0.1) is 13.8 Å². The number of aromatic amines is 1. The summed E-state index contributed by atoms with van der Waals surface area (Å²) in [6, 6.07) is 7.32. The van der Waals surface area contributed by atoms with Crippen LogP contribution in [0.5, 0.6) is 0 Å². The fourth-order valence-corrected chi connectivity index (χ4v) is 4.20. The maximum atomic E-state index is 13.6. The Morgan fingerprint density at radius 3 is 2.74 bits per heavy atom. The standard InChI is InChI=1S/C23H24N4O4/c1-12-14-7-5-6-8-16(14)30-19(12)18-17-15(24-11-25-17)9-10-27(18)21(28)20-13(2)26-22(31-20)23(3,4)29/h5-8,11,18,29H,9-10H2,1-4H3,(H,24,25)/t18-/m1/s1. The molecule has 1 amide bonds. The van der Waals surface area contributed by atoms with Crippen molar-refractivity contribution in [3.63, 3.8) is 0 Å². The van der Waals surface area contributed by atoms with Crippen LogP contribution >= 0.6 is 0 Å². The molecule has 0 spiro atoms. The minimum Gasteiger partial charge on any atom is -0.458 e. The molecule has 3 aromatic heterocycles. The number of aryl methyl sites for hydroxylation is 2. The van der Waals surface area contributed by atoms with Crippen molar-refractivity contribution in [2.24, 2.45) is 0 Å². The van der Waals surface area contributed by atoms with E-state index in [2.05, 4.69) is 15.0 Å². The zero-order chi connectivity index (χ0) is 21.9. The predicted octanol–water partition coefficient (Wildman–Crippen LogP) is 3.78. The summed E-state index contributed by atoms with van der Waals surface area (Å²) in [5.41, 5.74) is 2.65. The number of furan rings is 1. The Morgan fingerprint density at radius 2 is 2.03 bits per heavy atom. The quantitative estimate of drug-likeness (QED) is 0.522. The molecule has 0 fully saturated rings. The van der Waals surface area contributed by atoms with Gasteiger partial charge in [-0.15, -0.1) is 0 Å². The lowest BCUT2D eigenvalue weighted by Gasteiger charge is -2.33. The Hall–Kier alpha value is -3.39. The number of nitrogens with one attached hydrogen (secondary N) is 1. The number of fused-ring (bicyclic) bond motifs is 2. The van der Waals surface area contributed by atoms with Gasteiger partial charge in [-0.25, -0.2) is 9.97 Å². The molecule has 4 aromatic rings. The first kappa shape index (κ1) is 19.6. The molecule has 1 atom stereocenters. The Morgan fingerprint density at radius 1 is 1.26 bits per heavy atom. The highest BCUT2D eigenvalue weighted by Crippen LogP contribution is 2.40. The summed E-state index contributed by atoms with van der Waals surface area (Å²) in [6.07, 6.45) is 2.29. The van der Waals surface area contributed by atoms with Crippen molar-refractivity contribution in [3.8, 4) is 0 Å².